The Morgan fingerprint density at radius 1 is 0.966 bits per heavy atom. The number of primary amides is 1. The third kappa shape index (κ3) is 3.68. The first-order valence-corrected chi connectivity index (χ1v) is 8.88. The molecular formula is C23H16FN3O2. The van der Waals surface area contributed by atoms with Crippen molar-refractivity contribution in [3.05, 3.63) is 106 Å². The van der Waals surface area contributed by atoms with Crippen LogP contribution >= 0.6 is 0 Å². The number of aromatic nitrogens is 2. The molecule has 0 spiro atoms. The van der Waals surface area contributed by atoms with Gasteiger partial charge in [-0.3, -0.25) is 14.2 Å². The number of rotatable bonds is 4. The van der Waals surface area contributed by atoms with Gasteiger partial charge in [-0.2, -0.15) is 0 Å². The maximum Gasteiger partial charge on any atom is 0.266 e. The van der Waals surface area contributed by atoms with Gasteiger partial charge < -0.3 is 5.73 Å². The molecule has 0 saturated carbocycles. The Morgan fingerprint density at radius 2 is 1.72 bits per heavy atom. The third-order valence-corrected chi connectivity index (χ3v) is 4.49. The summed E-state index contributed by atoms with van der Waals surface area (Å²) in [6.07, 6.45) is 3.42. The first-order chi connectivity index (χ1) is 14.0. The van der Waals surface area contributed by atoms with Crippen LogP contribution in [0.4, 0.5) is 4.39 Å². The van der Waals surface area contributed by atoms with E-state index < -0.39 is 5.91 Å². The van der Waals surface area contributed by atoms with Crippen molar-refractivity contribution in [3.63, 3.8) is 0 Å². The molecule has 0 unspecified atom stereocenters. The SMILES string of the molecule is NC(=O)c1cccc(-n2c(/C=C/c3ccc(F)cc3)nc3ccccc3c2=O)c1. The van der Waals surface area contributed by atoms with Crippen molar-refractivity contribution in [1.29, 1.82) is 0 Å². The van der Waals surface area contributed by atoms with Gasteiger partial charge in [0, 0.05) is 5.56 Å². The van der Waals surface area contributed by atoms with Gasteiger partial charge in [0.1, 0.15) is 11.6 Å². The minimum atomic E-state index is -0.586. The predicted octanol–water partition coefficient (Wildman–Crippen LogP) is 3.79. The van der Waals surface area contributed by atoms with Crippen molar-refractivity contribution in [2.45, 2.75) is 0 Å². The molecule has 4 rings (SSSR count). The Bertz CT molecular complexity index is 1310. The maximum atomic E-state index is 13.2. The molecule has 0 fully saturated rings. The molecule has 29 heavy (non-hydrogen) atoms. The number of benzene rings is 3. The minimum Gasteiger partial charge on any atom is -0.366 e. The first-order valence-electron chi connectivity index (χ1n) is 8.88. The summed E-state index contributed by atoms with van der Waals surface area (Å²) in [4.78, 5) is 29.4. The lowest BCUT2D eigenvalue weighted by molar-refractivity contribution is 0.1000. The highest BCUT2D eigenvalue weighted by atomic mass is 19.1. The Morgan fingerprint density at radius 3 is 2.48 bits per heavy atom. The van der Waals surface area contributed by atoms with Crippen molar-refractivity contribution >= 4 is 29.0 Å². The van der Waals surface area contributed by atoms with E-state index in [0.717, 1.165) is 5.56 Å². The van der Waals surface area contributed by atoms with Crippen LogP contribution in [0.25, 0.3) is 28.7 Å². The summed E-state index contributed by atoms with van der Waals surface area (Å²) in [7, 11) is 0. The van der Waals surface area contributed by atoms with Crippen molar-refractivity contribution in [3.8, 4) is 5.69 Å². The van der Waals surface area contributed by atoms with Gasteiger partial charge in [-0.15, -0.1) is 0 Å². The fourth-order valence-electron chi connectivity index (χ4n) is 3.05. The monoisotopic (exact) mass is 385 g/mol. The molecule has 4 aromatic rings. The number of hydrogen-bond acceptors (Lipinski definition) is 3. The highest BCUT2D eigenvalue weighted by Crippen LogP contribution is 2.16. The zero-order valence-corrected chi connectivity index (χ0v) is 15.2. The molecular weight excluding hydrogens is 369 g/mol. The summed E-state index contributed by atoms with van der Waals surface area (Å²) in [6, 6.07) is 19.5. The Balaban J connectivity index is 1.94. The molecule has 1 amide bonds. The molecule has 1 aromatic heterocycles. The fraction of sp³-hybridized carbons (Fsp3) is 0. The van der Waals surface area contributed by atoms with Crippen LogP contribution in [-0.4, -0.2) is 15.5 Å². The van der Waals surface area contributed by atoms with E-state index in [1.165, 1.54) is 16.7 Å². The second-order valence-corrected chi connectivity index (χ2v) is 6.43. The van der Waals surface area contributed by atoms with Crippen LogP contribution < -0.4 is 11.3 Å². The highest BCUT2D eigenvalue weighted by Gasteiger charge is 2.12. The number of carbonyl (C=O) groups is 1. The fourth-order valence-corrected chi connectivity index (χ4v) is 3.05. The van der Waals surface area contributed by atoms with Crippen molar-refractivity contribution in [1.82, 2.24) is 9.55 Å². The number of amides is 1. The van der Waals surface area contributed by atoms with E-state index in [9.17, 15) is 14.0 Å². The molecule has 0 bridgehead atoms. The molecule has 1 heterocycles. The highest BCUT2D eigenvalue weighted by molar-refractivity contribution is 5.93. The molecule has 0 aliphatic carbocycles. The van der Waals surface area contributed by atoms with E-state index in [0.29, 0.717) is 22.4 Å². The number of nitrogens with zero attached hydrogens (tertiary/aromatic N) is 2. The van der Waals surface area contributed by atoms with E-state index in [2.05, 4.69) is 4.98 Å². The normalized spacial score (nSPS) is 11.2. The van der Waals surface area contributed by atoms with Crippen LogP contribution in [0, 0.1) is 5.82 Å². The molecule has 2 N–H and O–H groups in total. The summed E-state index contributed by atoms with van der Waals surface area (Å²) in [5, 5.41) is 0.455. The minimum absolute atomic E-state index is 0.268. The van der Waals surface area contributed by atoms with Crippen LogP contribution in [0.15, 0.2) is 77.6 Å². The second-order valence-electron chi connectivity index (χ2n) is 6.43. The predicted molar refractivity (Wildman–Crippen MR) is 111 cm³/mol. The summed E-state index contributed by atoms with van der Waals surface area (Å²) >= 11 is 0. The van der Waals surface area contributed by atoms with E-state index >= 15 is 0 Å². The van der Waals surface area contributed by atoms with Crippen LogP contribution in [0.1, 0.15) is 21.7 Å². The lowest BCUT2D eigenvalue weighted by Crippen LogP contribution is -2.23. The van der Waals surface area contributed by atoms with Crippen molar-refractivity contribution in [2.75, 3.05) is 0 Å². The average molecular weight is 385 g/mol. The van der Waals surface area contributed by atoms with Crippen molar-refractivity contribution in [2.24, 2.45) is 5.73 Å². The Kier molecular flexibility index (Phi) is 4.75. The molecule has 0 radical (unpaired) electrons. The summed E-state index contributed by atoms with van der Waals surface area (Å²) in [5.41, 5.74) is 7.19. The summed E-state index contributed by atoms with van der Waals surface area (Å²) in [5.74, 6) is -0.539. The molecule has 0 aliphatic heterocycles. The molecule has 5 nitrogen and oxygen atoms in total. The Labute approximate surface area is 165 Å². The number of carbonyl (C=O) groups excluding carboxylic acids is 1. The van der Waals surface area contributed by atoms with E-state index in [1.807, 2.05) is 0 Å². The molecule has 0 aliphatic rings. The lowest BCUT2D eigenvalue weighted by Gasteiger charge is -2.12. The zero-order chi connectivity index (χ0) is 20.4. The van der Waals surface area contributed by atoms with Gasteiger partial charge in [0.05, 0.1) is 16.6 Å². The number of fused-ring (bicyclic) bond motifs is 1. The van der Waals surface area contributed by atoms with Crippen LogP contribution in [0.2, 0.25) is 0 Å². The molecule has 0 atom stereocenters. The van der Waals surface area contributed by atoms with Gasteiger partial charge in [-0.25, -0.2) is 9.37 Å². The number of hydrogen-bond donors (Lipinski definition) is 1. The van der Waals surface area contributed by atoms with Crippen LogP contribution in [-0.2, 0) is 0 Å². The number of para-hydroxylation sites is 1. The van der Waals surface area contributed by atoms with Gasteiger partial charge in [0.2, 0.25) is 5.91 Å². The van der Waals surface area contributed by atoms with E-state index in [1.54, 1.807) is 72.8 Å². The standard InChI is InChI=1S/C23H16FN3O2/c24-17-11-8-15(9-12-17)10-13-21-26-20-7-2-1-6-19(20)23(29)27(21)18-5-3-4-16(14-18)22(25)28/h1-14H,(H2,25,28)/b13-10+. The van der Waals surface area contributed by atoms with E-state index in [-0.39, 0.29) is 16.9 Å². The van der Waals surface area contributed by atoms with E-state index in [4.69, 9.17) is 5.73 Å². The van der Waals surface area contributed by atoms with Gasteiger partial charge in [-0.1, -0.05) is 36.4 Å². The molecule has 142 valence electrons. The van der Waals surface area contributed by atoms with Crippen LogP contribution in [0.5, 0.6) is 0 Å². The summed E-state index contributed by atoms with van der Waals surface area (Å²) < 4.78 is 14.6. The second kappa shape index (κ2) is 7.52. The topological polar surface area (TPSA) is 78.0 Å². The van der Waals surface area contributed by atoms with Gasteiger partial charge in [0.25, 0.3) is 5.56 Å². The third-order valence-electron chi connectivity index (χ3n) is 4.49. The van der Waals surface area contributed by atoms with Crippen LogP contribution in [0.3, 0.4) is 0 Å². The zero-order valence-electron chi connectivity index (χ0n) is 15.2. The van der Waals surface area contributed by atoms with Crippen molar-refractivity contribution < 1.29 is 9.18 Å². The molecule has 0 saturated heterocycles. The Hall–Kier alpha value is -4.06. The average Bonchev–Trinajstić information content (AvgIpc) is 2.73. The first kappa shape index (κ1) is 18.3. The van der Waals surface area contributed by atoms with Gasteiger partial charge in [-0.05, 0) is 54.1 Å². The smallest absolute Gasteiger partial charge is 0.266 e. The summed E-state index contributed by atoms with van der Waals surface area (Å²) in [6.45, 7) is 0. The lowest BCUT2D eigenvalue weighted by atomic mass is 10.1. The van der Waals surface area contributed by atoms with Gasteiger partial charge >= 0.3 is 0 Å². The molecule has 3 aromatic carbocycles. The molecule has 6 heteroatoms. The largest absolute Gasteiger partial charge is 0.366 e. The number of halogens is 1. The number of nitrogens with two attached hydrogens (primary N) is 1. The maximum absolute atomic E-state index is 13.2. The van der Waals surface area contributed by atoms with Gasteiger partial charge in [0.15, 0.2) is 0 Å². The quantitative estimate of drug-likeness (QED) is 0.580.